The maximum absolute atomic E-state index is 12.4. The van der Waals surface area contributed by atoms with Gasteiger partial charge in [0, 0.05) is 36.7 Å². The zero-order chi connectivity index (χ0) is 14.9. The van der Waals surface area contributed by atoms with Crippen molar-refractivity contribution in [2.45, 2.75) is 12.1 Å². The van der Waals surface area contributed by atoms with Crippen LogP contribution in [0.3, 0.4) is 0 Å². The van der Waals surface area contributed by atoms with Crippen LogP contribution in [0.4, 0.5) is 5.69 Å². The Bertz CT molecular complexity index is 552. The van der Waals surface area contributed by atoms with E-state index in [1.165, 1.54) is 23.1 Å². The average molecular weight is 344 g/mol. The molecule has 1 saturated heterocycles. The minimum Gasteiger partial charge on any atom is -0.390 e. The van der Waals surface area contributed by atoms with Crippen LogP contribution in [0.25, 0.3) is 0 Å². The molecule has 1 aliphatic rings. The molecule has 0 aliphatic carbocycles. The Kier molecular flexibility index (Phi) is 4.36. The molecule has 0 saturated carbocycles. The van der Waals surface area contributed by atoms with Gasteiger partial charge < -0.3 is 15.3 Å². The monoisotopic (exact) mass is 343 g/mol. The molecule has 1 aromatic rings. The fraction of sp³-hybridized carbons (Fsp3) is 0.417. The lowest BCUT2D eigenvalue weighted by molar-refractivity contribution is -0.384. The Morgan fingerprint density at radius 2 is 2.25 bits per heavy atom. The van der Waals surface area contributed by atoms with Gasteiger partial charge in [0.15, 0.2) is 0 Å². The van der Waals surface area contributed by atoms with Gasteiger partial charge >= 0.3 is 0 Å². The number of carbonyl (C=O) groups is 1. The highest BCUT2D eigenvalue weighted by atomic mass is 79.9. The highest BCUT2D eigenvalue weighted by Gasteiger charge is 2.32. The molecule has 2 rings (SSSR count). The van der Waals surface area contributed by atoms with Crippen LogP contribution in [0.2, 0.25) is 0 Å². The van der Waals surface area contributed by atoms with E-state index in [0.29, 0.717) is 17.6 Å². The third kappa shape index (κ3) is 2.82. The molecule has 108 valence electrons. The van der Waals surface area contributed by atoms with Crippen LogP contribution in [-0.4, -0.2) is 53.1 Å². The third-order valence-corrected chi connectivity index (χ3v) is 4.05. The third-order valence-electron chi connectivity index (χ3n) is 3.36. The van der Waals surface area contributed by atoms with Gasteiger partial charge in [-0.05, 0) is 22.0 Å². The van der Waals surface area contributed by atoms with Gasteiger partial charge in [-0.25, -0.2) is 0 Å². The molecular weight excluding hydrogens is 330 g/mol. The first-order chi connectivity index (χ1) is 9.41. The predicted octanol–water partition coefficient (Wildman–Crippen LogP) is 0.762. The molecule has 7 nitrogen and oxygen atoms in total. The maximum atomic E-state index is 12.4. The van der Waals surface area contributed by atoms with Crippen LogP contribution in [0.15, 0.2) is 22.7 Å². The number of likely N-dealkylation sites (N-methyl/N-ethyl adjacent to an activating group) is 1. The van der Waals surface area contributed by atoms with Crippen molar-refractivity contribution in [3.05, 3.63) is 38.3 Å². The van der Waals surface area contributed by atoms with Crippen LogP contribution in [-0.2, 0) is 0 Å². The summed E-state index contributed by atoms with van der Waals surface area (Å²) in [6, 6.07) is 3.70. The van der Waals surface area contributed by atoms with Gasteiger partial charge in [0.05, 0.1) is 22.6 Å². The van der Waals surface area contributed by atoms with E-state index >= 15 is 0 Å². The van der Waals surface area contributed by atoms with Gasteiger partial charge in [-0.1, -0.05) is 0 Å². The summed E-state index contributed by atoms with van der Waals surface area (Å²) in [4.78, 5) is 24.1. The van der Waals surface area contributed by atoms with Crippen molar-refractivity contribution in [1.82, 2.24) is 10.2 Å². The number of hydrogen-bond donors (Lipinski definition) is 2. The lowest BCUT2D eigenvalue weighted by Crippen LogP contribution is -2.44. The zero-order valence-corrected chi connectivity index (χ0v) is 12.3. The average Bonchev–Trinajstić information content (AvgIpc) is 2.83. The highest BCUT2D eigenvalue weighted by Crippen LogP contribution is 2.24. The van der Waals surface area contributed by atoms with Gasteiger partial charge in [-0.15, -0.1) is 0 Å². The number of nitrogens with one attached hydrogen (secondary N) is 1. The molecule has 8 heteroatoms. The lowest BCUT2D eigenvalue weighted by Gasteiger charge is -2.26. The molecule has 2 atom stereocenters. The van der Waals surface area contributed by atoms with E-state index in [-0.39, 0.29) is 23.2 Å². The summed E-state index contributed by atoms with van der Waals surface area (Å²) in [5, 5.41) is 23.6. The fourth-order valence-corrected chi connectivity index (χ4v) is 2.59. The number of benzene rings is 1. The lowest BCUT2D eigenvalue weighted by atomic mass is 10.1. The molecule has 1 aromatic carbocycles. The summed E-state index contributed by atoms with van der Waals surface area (Å²) in [5.41, 5.74) is 0.0656. The van der Waals surface area contributed by atoms with E-state index in [9.17, 15) is 20.0 Å². The largest absolute Gasteiger partial charge is 0.390 e. The molecule has 20 heavy (non-hydrogen) atoms. The summed E-state index contributed by atoms with van der Waals surface area (Å²) < 4.78 is 0.486. The molecule has 0 radical (unpaired) electrons. The van der Waals surface area contributed by atoms with E-state index in [4.69, 9.17) is 0 Å². The number of non-ortho nitro benzene ring substituents is 1. The molecule has 1 amide bonds. The summed E-state index contributed by atoms with van der Waals surface area (Å²) in [6.07, 6.45) is -0.638. The first-order valence-corrected chi connectivity index (χ1v) is 6.81. The van der Waals surface area contributed by atoms with Crippen molar-refractivity contribution in [2.24, 2.45) is 0 Å². The van der Waals surface area contributed by atoms with Crippen molar-refractivity contribution in [3.63, 3.8) is 0 Å². The van der Waals surface area contributed by atoms with Gasteiger partial charge in [-0.2, -0.15) is 0 Å². The van der Waals surface area contributed by atoms with E-state index in [1.54, 1.807) is 7.05 Å². The number of aliphatic hydroxyl groups is 1. The number of aliphatic hydroxyl groups excluding tert-OH is 1. The van der Waals surface area contributed by atoms with Gasteiger partial charge in [0.2, 0.25) is 0 Å². The Morgan fingerprint density at radius 3 is 2.80 bits per heavy atom. The van der Waals surface area contributed by atoms with Gasteiger partial charge in [-0.3, -0.25) is 14.9 Å². The number of carbonyl (C=O) groups excluding carboxylic acids is 1. The van der Waals surface area contributed by atoms with E-state index < -0.39 is 11.0 Å². The second kappa shape index (κ2) is 5.86. The highest BCUT2D eigenvalue weighted by molar-refractivity contribution is 9.10. The van der Waals surface area contributed by atoms with Crippen molar-refractivity contribution >= 4 is 27.5 Å². The van der Waals surface area contributed by atoms with Crippen LogP contribution < -0.4 is 5.32 Å². The molecule has 0 spiro atoms. The molecule has 1 fully saturated rings. The topological polar surface area (TPSA) is 95.7 Å². The number of hydrogen-bond acceptors (Lipinski definition) is 5. The Morgan fingerprint density at radius 1 is 1.55 bits per heavy atom. The minimum absolute atomic E-state index is 0.143. The fourth-order valence-electron chi connectivity index (χ4n) is 2.18. The first-order valence-electron chi connectivity index (χ1n) is 6.01. The summed E-state index contributed by atoms with van der Waals surface area (Å²) >= 11 is 3.22. The normalized spacial score (nSPS) is 21.8. The number of halogens is 1. The first kappa shape index (κ1) is 14.9. The van der Waals surface area contributed by atoms with E-state index in [1.807, 2.05) is 0 Å². The molecule has 0 aromatic heterocycles. The molecule has 1 aliphatic heterocycles. The van der Waals surface area contributed by atoms with Crippen LogP contribution in [0.5, 0.6) is 0 Å². The Labute approximate surface area is 123 Å². The second-order valence-corrected chi connectivity index (χ2v) is 5.48. The van der Waals surface area contributed by atoms with Gasteiger partial charge in [0.1, 0.15) is 0 Å². The Hall–Kier alpha value is -1.51. The number of nitro groups is 1. The van der Waals surface area contributed by atoms with Crippen molar-refractivity contribution < 1.29 is 14.8 Å². The Balaban J connectivity index is 2.28. The van der Waals surface area contributed by atoms with Crippen molar-refractivity contribution in [2.75, 3.05) is 20.1 Å². The number of nitro benzene ring substituents is 1. The second-order valence-electron chi connectivity index (χ2n) is 4.63. The van der Waals surface area contributed by atoms with Gasteiger partial charge in [0.25, 0.3) is 11.6 Å². The number of rotatable bonds is 3. The van der Waals surface area contributed by atoms with E-state index in [0.717, 1.165) is 0 Å². The van der Waals surface area contributed by atoms with Crippen molar-refractivity contribution in [3.8, 4) is 0 Å². The predicted molar refractivity (Wildman–Crippen MR) is 75.6 cm³/mol. The van der Waals surface area contributed by atoms with Crippen LogP contribution >= 0.6 is 15.9 Å². The molecular formula is C12H14BrN3O4. The minimum atomic E-state index is -0.638. The molecule has 1 heterocycles. The molecule has 0 bridgehead atoms. The SMILES string of the molecule is CN(C(=O)c1cc([N+](=O)[O-])ccc1Br)[C@@H]1CNC[C@H]1O. The zero-order valence-electron chi connectivity index (χ0n) is 10.7. The quantitative estimate of drug-likeness (QED) is 0.624. The van der Waals surface area contributed by atoms with Crippen LogP contribution in [0.1, 0.15) is 10.4 Å². The number of amides is 1. The van der Waals surface area contributed by atoms with Crippen molar-refractivity contribution in [1.29, 1.82) is 0 Å². The number of nitrogens with zero attached hydrogens (tertiary/aromatic N) is 2. The standard InChI is InChI=1S/C12H14BrN3O4/c1-15(10-5-14-6-11(10)17)12(18)8-4-7(16(19)20)2-3-9(8)13/h2-4,10-11,14,17H,5-6H2,1H3/t10-,11-/m1/s1. The molecule has 0 unspecified atom stereocenters. The number of β-amino-alcohol motifs (C(OH)–C–C–N with tert-alkyl or cyclic N) is 1. The maximum Gasteiger partial charge on any atom is 0.270 e. The van der Waals surface area contributed by atoms with Crippen LogP contribution in [0, 0.1) is 10.1 Å². The smallest absolute Gasteiger partial charge is 0.270 e. The summed E-state index contributed by atoms with van der Waals surface area (Å²) in [6.45, 7) is 0.925. The molecule has 2 N–H and O–H groups in total. The summed E-state index contributed by atoms with van der Waals surface area (Å²) in [5.74, 6) is -0.367. The van der Waals surface area contributed by atoms with E-state index in [2.05, 4.69) is 21.2 Å². The summed E-state index contributed by atoms with van der Waals surface area (Å²) in [7, 11) is 1.58.